The van der Waals surface area contributed by atoms with Crippen LogP contribution in [0.4, 0.5) is 0 Å². The molecule has 0 atom stereocenters. The van der Waals surface area contributed by atoms with Crippen LogP contribution in [0.5, 0.6) is 0 Å². The Morgan fingerprint density at radius 3 is 2.45 bits per heavy atom. The van der Waals surface area contributed by atoms with Crippen LogP contribution in [0, 0.1) is 12.8 Å². The summed E-state index contributed by atoms with van der Waals surface area (Å²) in [5, 5.41) is 0. The van der Waals surface area contributed by atoms with E-state index >= 15 is 0 Å². The lowest BCUT2D eigenvalue weighted by Crippen LogP contribution is -2.41. The molecule has 0 N–H and O–H groups in total. The van der Waals surface area contributed by atoms with Crippen molar-refractivity contribution in [1.82, 2.24) is 14.7 Å². The predicted molar refractivity (Wildman–Crippen MR) is 117 cm³/mol. The van der Waals surface area contributed by atoms with Crippen LogP contribution in [-0.2, 0) is 9.53 Å². The fourth-order valence-electron chi connectivity index (χ4n) is 4.82. The van der Waals surface area contributed by atoms with Crippen molar-refractivity contribution >= 4 is 17.7 Å². The molecule has 3 aliphatic heterocycles. The highest BCUT2D eigenvalue weighted by Gasteiger charge is 2.35. The van der Waals surface area contributed by atoms with Gasteiger partial charge in [0.15, 0.2) is 0 Å². The molecule has 3 heterocycles. The van der Waals surface area contributed by atoms with E-state index in [4.69, 9.17) is 4.74 Å². The summed E-state index contributed by atoms with van der Waals surface area (Å²) >= 11 is 0. The number of aryl methyl sites for hydroxylation is 1. The summed E-state index contributed by atoms with van der Waals surface area (Å²) in [5.41, 5.74) is 1.92. The summed E-state index contributed by atoms with van der Waals surface area (Å²) in [4.78, 5) is 43.4. The number of ether oxygens (including phenoxy) is 1. The first-order valence-electron chi connectivity index (χ1n) is 11.6. The highest BCUT2D eigenvalue weighted by molar-refractivity contribution is 6.21. The van der Waals surface area contributed by atoms with Crippen LogP contribution in [0.1, 0.15) is 58.4 Å². The number of nitrogens with zero attached hydrogens (tertiary/aromatic N) is 3. The molecule has 7 heteroatoms. The van der Waals surface area contributed by atoms with Crippen LogP contribution in [0.3, 0.4) is 0 Å². The summed E-state index contributed by atoms with van der Waals surface area (Å²) in [5.74, 6) is 0.346. The fraction of sp³-hybridized carbons (Fsp3) is 0.625. The molecule has 2 saturated heterocycles. The Hall–Kier alpha value is -2.25. The molecule has 3 amide bonds. The van der Waals surface area contributed by atoms with E-state index in [1.54, 1.807) is 12.1 Å². The minimum atomic E-state index is -0.242. The number of imide groups is 1. The maximum atomic E-state index is 12.6. The van der Waals surface area contributed by atoms with E-state index in [2.05, 4.69) is 4.90 Å². The number of fused-ring (bicyclic) bond motifs is 1. The molecule has 1 aromatic carbocycles. The van der Waals surface area contributed by atoms with Crippen molar-refractivity contribution in [3.8, 4) is 0 Å². The van der Waals surface area contributed by atoms with Crippen molar-refractivity contribution in [2.45, 2.75) is 39.0 Å². The van der Waals surface area contributed by atoms with Crippen molar-refractivity contribution in [1.29, 1.82) is 0 Å². The Balaban J connectivity index is 1.16. The molecule has 31 heavy (non-hydrogen) atoms. The lowest BCUT2D eigenvalue weighted by atomic mass is 9.93. The van der Waals surface area contributed by atoms with Crippen LogP contribution in [0.2, 0.25) is 0 Å². The Bertz CT molecular complexity index is 826. The molecule has 0 saturated carbocycles. The van der Waals surface area contributed by atoms with Crippen LogP contribution >= 0.6 is 0 Å². The van der Waals surface area contributed by atoms with Gasteiger partial charge < -0.3 is 9.64 Å². The number of carbonyl (C=O) groups is 3. The Kier molecular flexibility index (Phi) is 7.02. The summed E-state index contributed by atoms with van der Waals surface area (Å²) < 4.78 is 5.40. The van der Waals surface area contributed by atoms with E-state index < -0.39 is 0 Å². The zero-order chi connectivity index (χ0) is 21.8. The van der Waals surface area contributed by atoms with Gasteiger partial charge in [-0.2, -0.15) is 0 Å². The van der Waals surface area contributed by atoms with Gasteiger partial charge in [-0.3, -0.25) is 24.2 Å². The predicted octanol–water partition coefficient (Wildman–Crippen LogP) is 2.33. The zero-order valence-corrected chi connectivity index (χ0v) is 18.5. The van der Waals surface area contributed by atoms with Crippen LogP contribution in [0.15, 0.2) is 18.2 Å². The second-order valence-electron chi connectivity index (χ2n) is 8.98. The molecule has 2 fully saturated rings. The second kappa shape index (κ2) is 9.92. The Labute approximate surface area is 184 Å². The standard InChI is InChI=1S/C24H33N3O4/c1-18-4-5-20-21(17-18)24(30)27(23(20)29)9-2-3-22(28)26-11-7-19(8-12-26)6-10-25-13-15-31-16-14-25/h4-5,17,19H,2-3,6-16H2,1H3. The average Bonchev–Trinajstić information content (AvgIpc) is 3.02. The van der Waals surface area contributed by atoms with E-state index in [1.807, 2.05) is 17.9 Å². The summed E-state index contributed by atoms with van der Waals surface area (Å²) in [7, 11) is 0. The molecule has 0 unspecified atom stereocenters. The molecular weight excluding hydrogens is 394 g/mol. The van der Waals surface area contributed by atoms with Crippen molar-refractivity contribution in [3.63, 3.8) is 0 Å². The molecule has 168 valence electrons. The number of hydrogen-bond donors (Lipinski definition) is 0. The molecule has 3 aliphatic rings. The van der Waals surface area contributed by atoms with Gasteiger partial charge in [-0.05, 0) is 57.2 Å². The van der Waals surface area contributed by atoms with Gasteiger partial charge in [-0.15, -0.1) is 0 Å². The van der Waals surface area contributed by atoms with Gasteiger partial charge in [0.25, 0.3) is 11.8 Å². The first-order chi connectivity index (χ1) is 15.0. The third-order valence-electron chi connectivity index (χ3n) is 6.82. The first kappa shape index (κ1) is 22.0. The van der Waals surface area contributed by atoms with E-state index in [0.717, 1.165) is 64.3 Å². The Morgan fingerprint density at radius 2 is 1.71 bits per heavy atom. The largest absolute Gasteiger partial charge is 0.379 e. The van der Waals surface area contributed by atoms with E-state index in [0.29, 0.717) is 36.4 Å². The third kappa shape index (κ3) is 5.15. The average molecular weight is 428 g/mol. The smallest absolute Gasteiger partial charge is 0.261 e. The molecule has 0 spiro atoms. The van der Waals surface area contributed by atoms with E-state index in [9.17, 15) is 14.4 Å². The van der Waals surface area contributed by atoms with Crippen molar-refractivity contribution in [3.05, 3.63) is 34.9 Å². The molecule has 7 nitrogen and oxygen atoms in total. The minimum absolute atomic E-state index is 0.138. The maximum absolute atomic E-state index is 12.6. The Morgan fingerprint density at radius 1 is 1.00 bits per heavy atom. The number of rotatable bonds is 7. The quantitative estimate of drug-likeness (QED) is 0.625. The molecule has 0 aromatic heterocycles. The summed E-state index contributed by atoms with van der Waals surface area (Å²) in [6.45, 7) is 8.71. The number of benzene rings is 1. The molecule has 0 bridgehead atoms. The van der Waals surface area contributed by atoms with Crippen LogP contribution in [0.25, 0.3) is 0 Å². The summed E-state index contributed by atoms with van der Waals surface area (Å²) in [6.07, 6.45) is 4.22. The highest BCUT2D eigenvalue weighted by atomic mass is 16.5. The van der Waals surface area contributed by atoms with Crippen molar-refractivity contribution in [2.75, 3.05) is 52.5 Å². The maximum Gasteiger partial charge on any atom is 0.261 e. The fourth-order valence-corrected chi connectivity index (χ4v) is 4.82. The topological polar surface area (TPSA) is 70.2 Å². The highest BCUT2D eigenvalue weighted by Crippen LogP contribution is 2.25. The number of piperidine rings is 1. The van der Waals surface area contributed by atoms with E-state index in [1.165, 1.54) is 11.3 Å². The first-order valence-corrected chi connectivity index (χ1v) is 11.6. The number of amides is 3. The summed E-state index contributed by atoms with van der Waals surface area (Å²) in [6, 6.07) is 5.34. The molecular formula is C24H33N3O4. The molecule has 0 aliphatic carbocycles. The second-order valence-corrected chi connectivity index (χ2v) is 8.98. The lowest BCUT2D eigenvalue weighted by Gasteiger charge is -2.34. The number of morpholine rings is 1. The zero-order valence-electron chi connectivity index (χ0n) is 18.5. The minimum Gasteiger partial charge on any atom is -0.379 e. The van der Waals surface area contributed by atoms with Gasteiger partial charge >= 0.3 is 0 Å². The molecule has 4 rings (SSSR count). The van der Waals surface area contributed by atoms with Gasteiger partial charge in [-0.1, -0.05) is 11.6 Å². The van der Waals surface area contributed by atoms with Crippen molar-refractivity contribution in [2.24, 2.45) is 5.92 Å². The van der Waals surface area contributed by atoms with Gasteiger partial charge in [-0.25, -0.2) is 0 Å². The van der Waals surface area contributed by atoms with E-state index in [-0.39, 0.29) is 17.7 Å². The van der Waals surface area contributed by atoms with Crippen molar-refractivity contribution < 1.29 is 19.1 Å². The lowest BCUT2D eigenvalue weighted by molar-refractivity contribution is -0.132. The SMILES string of the molecule is Cc1ccc2c(c1)C(=O)N(CCCC(=O)N1CCC(CCN3CCOCC3)CC1)C2=O. The number of likely N-dealkylation sites (tertiary alicyclic amines) is 1. The number of carbonyl (C=O) groups excluding carboxylic acids is 3. The number of hydrogen-bond acceptors (Lipinski definition) is 5. The van der Waals surface area contributed by atoms with Gasteiger partial charge in [0.1, 0.15) is 0 Å². The van der Waals surface area contributed by atoms with Gasteiger partial charge in [0.2, 0.25) is 5.91 Å². The van der Waals surface area contributed by atoms with Crippen LogP contribution < -0.4 is 0 Å². The van der Waals surface area contributed by atoms with Gasteiger partial charge in [0.05, 0.1) is 24.3 Å². The normalized spacial score (nSPS) is 20.4. The monoisotopic (exact) mass is 427 g/mol. The molecule has 0 radical (unpaired) electrons. The third-order valence-corrected chi connectivity index (χ3v) is 6.82. The molecule has 1 aromatic rings. The van der Waals surface area contributed by atoms with Gasteiger partial charge in [0, 0.05) is 39.1 Å². The van der Waals surface area contributed by atoms with Crippen LogP contribution in [-0.4, -0.2) is 84.9 Å².